The zero-order valence-electron chi connectivity index (χ0n) is 18.4. The number of anilines is 1. The van der Waals surface area contributed by atoms with Crippen LogP contribution in [0.15, 0.2) is 41.2 Å². The zero-order chi connectivity index (χ0) is 21.7. The fourth-order valence-electron chi connectivity index (χ4n) is 6.44. The Morgan fingerprint density at radius 3 is 2.68 bits per heavy atom. The van der Waals surface area contributed by atoms with Gasteiger partial charge in [-0.2, -0.15) is 0 Å². The van der Waals surface area contributed by atoms with Gasteiger partial charge < -0.3 is 10.4 Å². The number of carboxylic acids is 1. The van der Waals surface area contributed by atoms with E-state index in [1.54, 1.807) is 24.2 Å². The highest BCUT2D eigenvalue weighted by molar-refractivity contribution is 8.00. The maximum Gasteiger partial charge on any atom is 0.306 e. The van der Waals surface area contributed by atoms with Crippen molar-refractivity contribution >= 4 is 23.5 Å². The molecule has 0 radical (unpaired) electrons. The Morgan fingerprint density at radius 2 is 1.97 bits per heavy atom. The number of piperidine rings is 1. The van der Waals surface area contributed by atoms with E-state index >= 15 is 0 Å². The lowest BCUT2D eigenvalue weighted by Crippen LogP contribution is -2.56. The van der Waals surface area contributed by atoms with Gasteiger partial charge in [-0.3, -0.25) is 9.69 Å². The van der Waals surface area contributed by atoms with Gasteiger partial charge in [0.2, 0.25) is 0 Å². The summed E-state index contributed by atoms with van der Waals surface area (Å²) in [6.45, 7) is 9.51. The van der Waals surface area contributed by atoms with Crippen LogP contribution in [0, 0.1) is 35.5 Å². The summed E-state index contributed by atoms with van der Waals surface area (Å²) in [7, 11) is 0. The molecule has 7 heteroatoms. The summed E-state index contributed by atoms with van der Waals surface area (Å²) in [4.78, 5) is 23.3. The molecule has 166 valence electrons. The third kappa shape index (κ3) is 3.91. The molecule has 1 aromatic rings. The fraction of sp³-hybridized carbons (Fsp3) is 0.625. The molecule has 1 saturated carbocycles. The lowest BCUT2D eigenvalue weighted by molar-refractivity contribution is -0.150. The van der Waals surface area contributed by atoms with Gasteiger partial charge in [0.05, 0.1) is 17.2 Å². The first-order valence-corrected chi connectivity index (χ1v) is 12.4. The van der Waals surface area contributed by atoms with Crippen molar-refractivity contribution in [3.8, 4) is 0 Å². The topological polar surface area (TPSA) is 78.3 Å². The zero-order valence-corrected chi connectivity index (χ0v) is 19.3. The highest BCUT2D eigenvalue weighted by Crippen LogP contribution is 2.49. The number of nitrogens with one attached hydrogen (secondary N) is 1. The number of rotatable bonds is 4. The Morgan fingerprint density at radius 1 is 1.26 bits per heavy atom. The van der Waals surface area contributed by atoms with Crippen molar-refractivity contribution < 1.29 is 9.90 Å². The molecule has 3 heterocycles. The van der Waals surface area contributed by atoms with Gasteiger partial charge in [0, 0.05) is 32.0 Å². The van der Waals surface area contributed by atoms with Crippen LogP contribution in [-0.4, -0.2) is 56.9 Å². The lowest BCUT2D eigenvalue weighted by Gasteiger charge is -2.54. The normalized spacial score (nSPS) is 37.8. The van der Waals surface area contributed by atoms with E-state index in [-0.39, 0.29) is 12.0 Å². The predicted octanol–water partition coefficient (Wildman–Crippen LogP) is 3.79. The van der Waals surface area contributed by atoms with Crippen LogP contribution in [0.4, 0.5) is 5.82 Å². The van der Waals surface area contributed by atoms with Crippen molar-refractivity contribution in [3.05, 3.63) is 36.2 Å². The molecule has 2 N–H and O–H groups in total. The molecule has 2 bridgehead atoms. The second-order valence-corrected chi connectivity index (χ2v) is 11.1. The number of aromatic nitrogens is 2. The fourth-order valence-corrected chi connectivity index (χ4v) is 7.49. The smallest absolute Gasteiger partial charge is 0.306 e. The maximum absolute atomic E-state index is 11.8. The standard InChI is InChI=1S/C24H32N4O2S/c1-13-8-14(2)18-12-28(11-17(13)21(18)15(3)24(29)30)10-16-4-5-20-19(9-16)27-22-23(31-20)26-7-6-25-22/h4-7,9,13-15,17-21H,8,10-12H2,1-3H3,(H,25,27)(H,29,30). The maximum atomic E-state index is 11.8. The van der Waals surface area contributed by atoms with Crippen molar-refractivity contribution in [1.82, 2.24) is 14.9 Å². The van der Waals surface area contributed by atoms with Crippen molar-refractivity contribution in [2.45, 2.75) is 43.5 Å². The van der Waals surface area contributed by atoms with Crippen LogP contribution in [0.2, 0.25) is 0 Å². The average Bonchev–Trinajstić information content (AvgIpc) is 2.75. The second-order valence-electron chi connectivity index (χ2n) is 9.98. The molecule has 0 aromatic carbocycles. The molecule has 4 aliphatic rings. The number of aliphatic carboxylic acids is 1. The van der Waals surface area contributed by atoms with Crippen LogP contribution in [0.25, 0.3) is 0 Å². The Bertz CT molecular complexity index is 901. The molecule has 0 spiro atoms. The third-order valence-corrected chi connectivity index (χ3v) is 9.21. The third-order valence-electron chi connectivity index (χ3n) is 7.97. The van der Waals surface area contributed by atoms with Gasteiger partial charge in [-0.1, -0.05) is 50.8 Å². The van der Waals surface area contributed by atoms with Gasteiger partial charge in [0.25, 0.3) is 0 Å². The molecule has 6 nitrogen and oxygen atoms in total. The van der Waals surface area contributed by atoms with E-state index in [4.69, 9.17) is 0 Å². The minimum Gasteiger partial charge on any atom is -0.481 e. The minimum atomic E-state index is -0.636. The van der Waals surface area contributed by atoms with Gasteiger partial charge in [-0.05, 0) is 41.6 Å². The van der Waals surface area contributed by atoms with Gasteiger partial charge in [-0.25, -0.2) is 9.97 Å². The first-order chi connectivity index (χ1) is 14.9. The highest BCUT2D eigenvalue weighted by atomic mass is 32.2. The number of carboxylic acid groups (broad SMARTS) is 1. The molecule has 1 saturated heterocycles. The summed E-state index contributed by atoms with van der Waals surface area (Å²) in [5, 5.41) is 14.6. The molecule has 5 rings (SSSR count). The number of fused-ring (bicyclic) bond motifs is 4. The Kier molecular flexibility index (Phi) is 5.59. The van der Waals surface area contributed by atoms with Gasteiger partial charge in [-0.15, -0.1) is 0 Å². The number of hydrogen-bond donors (Lipinski definition) is 2. The largest absolute Gasteiger partial charge is 0.481 e. The van der Waals surface area contributed by atoms with Gasteiger partial charge in [0.1, 0.15) is 5.03 Å². The molecule has 2 aliphatic heterocycles. The molecule has 7 unspecified atom stereocenters. The molecule has 1 aromatic heterocycles. The van der Waals surface area contributed by atoms with Crippen LogP contribution in [0.5, 0.6) is 0 Å². The second kappa shape index (κ2) is 8.24. The van der Waals surface area contributed by atoms with Crippen LogP contribution >= 0.6 is 11.8 Å². The monoisotopic (exact) mass is 440 g/mol. The molecule has 7 atom stereocenters. The van der Waals surface area contributed by atoms with Gasteiger partial charge in [0.15, 0.2) is 5.82 Å². The van der Waals surface area contributed by atoms with Crippen LogP contribution in [0.3, 0.4) is 0 Å². The number of carbonyl (C=O) groups is 1. The van der Waals surface area contributed by atoms with Crippen molar-refractivity contribution in [3.63, 3.8) is 0 Å². The van der Waals surface area contributed by atoms with Crippen molar-refractivity contribution in [2.24, 2.45) is 35.5 Å². The average molecular weight is 441 g/mol. The van der Waals surface area contributed by atoms with E-state index in [1.165, 1.54) is 12.0 Å². The Balaban J connectivity index is 1.31. The van der Waals surface area contributed by atoms with E-state index in [2.05, 4.69) is 52.3 Å². The van der Waals surface area contributed by atoms with Crippen LogP contribution < -0.4 is 5.32 Å². The number of thioether (sulfide) groups is 1. The molecule has 31 heavy (non-hydrogen) atoms. The summed E-state index contributed by atoms with van der Waals surface area (Å²) in [6.07, 6.45) is 11.6. The molecular weight excluding hydrogens is 408 g/mol. The highest BCUT2D eigenvalue weighted by Gasteiger charge is 2.49. The van der Waals surface area contributed by atoms with E-state index < -0.39 is 5.97 Å². The molecule has 2 fully saturated rings. The quantitative estimate of drug-likeness (QED) is 0.737. The first kappa shape index (κ1) is 21.0. The molecular formula is C24H32N4O2S. The summed E-state index contributed by atoms with van der Waals surface area (Å²) >= 11 is 1.77. The number of nitrogens with zero attached hydrogens (tertiary/aromatic N) is 3. The van der Waals surface area contributed by atoms with Gasteiger partial charge >= 0.3 is 5.97 Å². The first-order valence-electron chi connectivity index (χ1n) is 11.5. The van der Waals surface area contributed by atoms with E-state index in [1.807, 2.05) is 6.92 Å². The summed E-state index contributed by atoms with van der Waals surface area (Å²) in [5.74, 6) is 2.35. The Labute approximate surface area is 188 Å². The van der Waals surface area contributed by atoms with Crippen molar-refractivity contribution in [1.29, 1.82) is 0 Å². The molecule has 2 aliphatic carbocycles. The van der Waals surface area contributed by atoms with E-state index in [0.29, 0.717) is 34.8 Å². The van der Waals surface area contributed by atoms with E-state index in [0.717, 1.165) is 30.5 Å². The number of hydrogen-bond acceptors (Lipinski definition) is 6. The summed E-state index contributed by atoms with van der Waals surface area (Å²) < 4.78 is 0. The summed E-state index contributed by atoms with van der Waals surface area (Å²) in [6, 6.07) is 0.233. The minimum absolute atomic E-state index is 0.233. The lowest BCUT2D eigenvalue weighted by atomic mass is 9.57. The van der Waals surface area contributed by atoms with Crippen molar-refractivity contribution in [2.75, 3.05) is 25.0 Å². The Hall–Kier alpha value is -1.86. The van der Waals surface area contributed by atoms with E-state index in [9.17, 15) is 9.90 Å². The summed E-state index contributed by atoms with van der Waals surface area (Å²) in [5.41, 5.74) is 1.34. The van der Waals surface area contributed by atoms with Crippen LogP contribution in [0.1, 0.15) is 27.2 Å². The molecule has 0 amide bonds. The van der Waals surface area contributed by atoms with Crippen LogP contribution in [-0.2, 0) is 4.79 Å². The predicted molar refractivity (Wildman–Crippen MR) is 123 cm³/mol. The number of likely N-dealkylation sites (tertiary alicyclic amines) is 1. The SMILES string of the molecule is CC1CC(C)C2CN(CC3=CC4Nc5nccnc5SC4C=C3)CC1C2C(C)C(=O)O.